The minimum absolute atomic E-state index is 0.232. The number of nitrogens with zero attached hydrogens (tertiary/aromatic N) is 3. The van der Waals surface area contributed by atoms with Crippen molar-refractivity contribution in [2.45, 2.75) is 38.0 Å². The predicted octanol–water partition coefficient (Wildman–Crippen LogP) is 2.63. The Bertz CT molecular complexity index is 640. The van der Waals surface area contributed by atoms with Crippen LogP contribution < -0.4 is 0 Å². The van der Waals surface area contributed by atoms with Gasteiger partial charge in [0.25, 0.3) is 0 Å². The summed E-state index contributed by atoms with van der Waals surface area (Å²) < 4.78 is 5.08. The smallest absolute Gasteiger partial charge is 0.338 e. The third-order valence-corrected chi connectivity index (χ3v) is 3.64. The molecule has 0 aliphatic heterocycles. The summed E-state index contributed by atoms with van der Waals surface area (Å²) in [4.78, 5) is 19.8. The molecular weight excluding hydrogens is 278 g/mol. The zero-order chi connectivity index (χ0) is 14.7. The number of hydrogen-bond donors (Lipinski definition) is 1. The summed E-state index contributed by atoms with van der Waals surface area (Å²) in [6.45, 7) is 5.55. The lowest BCUT2D eigenvalue weighted by Crippen LogP contribution is -2.05. The van der Waals surface area contributed by atoms with Gasteiger partial charge in [-0.05, 0) is 25.5 Å². The molecule has 7 heteroatoms. The minimum atomic E-state index is -0.975. The monoisotopic (exact) mass is 293 g/mol. The Kier molecular flexibility index (Phi) is 4.39. The zero-order valence-electron chi connectivity index (χ0n) is 11.5. The normalized spacial score (nSPS) is 10.8. The second-order valence-corrected chi connectivity index (χ2v) is 5.28. The Morgan fingerprint density at radius 3 is 2.75 bits per heavy atom. The number of thioether (sulfide) groups is 1. The van der Waals surface area contributed by atoms with Gasteiger partial charge in [0, 0.05) is 12.1 Å². The molecule has 2 rings (SSSR count). The summed E-state index contributed by atoms with van der Waals surface area (Å²) in [6.07, 6.45) is 0.705. The molecule has 0 saturated carbocycles. The van der Waals surface area contributed by atoms with Gasteiger partial charge in [0.1, 0.15) is 5.03 Å². The number of carboxylic acids is 1. The molecule has 0 atom stereocenters. The number of pyridine rings is 1. The SMILES string of the molecule is CCc1noc(CSc2nc(C)cc(C)c2C(=O)O)n1. The van der Waals surface area contributed by atoms with Crippen molar-refractivity contribution in [3.05, 3.63) is 34.6 Å². The van der Waals surface area contributed by atoms with E-state index < -0.39 is 5.97 Å². The maximum atomic E-state index is 11.3. The van der Waals surface area contributed by atoms with Gasteiger partial charge in [-0.3, -0.25) is 0 Å². The molecule has 0 unspecified atom stereocenters. The van der Waals surface area contributed by atoms with Gasteiger partial charge in [0.2, 0.25) is 5.89 Å². The van der Waals surface area contributed by atoms with Crippen LogP contribution in [0.15, 0.2) is 15.6 Å². The summed E-state index contributed by atoms with van der Waals surface area (Å²) in [5.74, 6) is 0.553. The van der Waals surface area contributed by atoms with Crippen molar-refractivity contribution in [2.24, 2.45) is 0 Å². The Morgan fingerprint density at radius 1 is 1.40 bits per heavy atom. The largest absolute Gasteiger partial charge is 0.478 e. The number of carboxylic acid groups (broad SMARTS) is 1. The van der Waals surface area contributed by atoms with E-state index in [1.54, 1.807) is 13.0 Å². The van der Waals surface area contributed by atoms with Crippen LogP contribution in [0.3, 0.4) is 0 Å². The third-order valence-electron chi connectivity index (χ3n) is 2.68. The van der Waals surface area contributed by atoms with E-state index in [4.69, 9.17) is 4.52 Å². The van der Waals surface area contributed by atoms with Gasteiger partial charge < -0.3 is 9.63 Å². The molecule has 2 heterocycles. The molecule has 0 bridgehead atoms. The predicted molar refractivity (Wildman–Crippen MR) is 73.9 cm³/mol. The molecular formula is C13H15N3O3S. The van der Waals surface area contributed by atoms with Crippen LogP contribution in [0.5, 0.6) is 0 Å². The molecule has 0 spiro atoms. The first-order valence-electron chi connectivity index (χ1n) is 6.17. The minimum Gasteiger partial charge on any atom is -0.478 e. The topological polar surface area (TPSA) is 89.1 Å². The summed E-state index contributed by atoms with van der Waals surface area (Å²) in [6, 6.07) is 1.76. The van der Waals surface area contributed by atoms with Gasteiger partial charge in [0.15, 0.2) is 5.82 Å². The van der Waals surface area contributed by atoms with Gasteiger partial charge in [-0.1, -0.05) is 23.8 Å². The molecule has 20 heavy (non-hydrogen) atoms. The molecule has 6 nitrogen and oxygen atoms in total. The first kappa shape index (κ1) is 14.5. The summed E-state index contributed by atoms with van der Waals surface area (Å²) in [5.41, 5.74) is 1.72. The van der Waals surface area contributed by atoms with Crippen molar-refractivity contribution < 1.29 is 14.4 Å². The molecule has 1 N–H and O–H groups in total. The molecule has 0 aliphatic rings. The van der Waals surface area contributed by atoms with Crippen LogP contribution in [0.2, 0.25) is 0 Å². The van der Waals surface area contributed by atoms with E-state index in [0.717, 1.165) is 5.69 Å². The average molecular weight is 293 g/mol. The van der Waals surface area contributed by atoms with Crippen molar-refractivity contribution in [2.75, 3.05) is 0 Å². The van der Waals surface area contributed by atoms with Crippen molar-refractivity contribution >= 4 is 17.7 Å². The summed E-state index contributed by atoms with van der Waals surface area (Å²) in [5, 5.41) is 13.6. The van der Waals surface area contributed by atoms with Crippen LogP contribution >= 0.6 is 11.8 Å². The Morgan fingerprint density at radius 2 is 2.15 bits per heavy atom. The van der Waals surface area contributed by atoms with E-state index in [2.05, 4.69) is 15.1 Å². The first-order chi connectivity index (χ1) is 9.51. The number of carbonyl (C=O) groups is 1. The van der Waals surface area contributed by atoms with Gasteiger partial charge >= 0.3 is 5.97 Å². The second-order valence-electron chi connectivity index (χ2n) is 4.31. The highest BCUT2D eigenvalue weighted by Gasteiger charge is 2.17. The standard InChI is InChI=1S/C13H15N3O3S/c1-4-9-15-10(19-16-9)6-20-12-11(13(17)18)7(2)5-8(3)14-12/h5H,4,6H2,1-3H3,(H,17,18). The first-order valence-corrected chi connectivity index (χ1v) is 7.15. The van der Waals surface area contributed by atoms with Gasteiger partial charge in [-0.15, -0.1) is 0 Å². The molecule has 106 valence electrons. The second kappa shape index (κ2) is 6.04. The van der Waals surface area contributed by atoms with Crippen molar-refractivity contribution in [1.82, 2.24) is 15.1 Å². The lowest BCUT2D eigenvalue weighted by atomic mass is 10.1. The van der Waals surface area contributed by atoms with Crippen LogP contribution in [0.4, 0.5) is 0 Å². The van der Waals surface area contributed by atoms with Crippen molar-refractivity contribution in [3.8, 4) is 0 Å². The van der Waals surface area contributed by atoms with Gasteiger partial charge in [-0.2, -0.15) is 4.98 Å². The quantitative estimate of drug-likeness (QED) is 0.847. The zero-order valence-corrected chi connectivity index (χ0v) is 12.3. The number of hydrogen-bond acceptors (Lipinski definition) is 6. The molecule has 0 amide bonds. The molecule has 0 aliphatic carbocycles. The van der Waals surface area contributed by atoms with Gasteiger partial charge in [-0.25, -0.2) is 9.78 Å². The van der Waals surface area contributed by atoms with E-state index in [0.29, 0.717) is 34.5 Å². The highest BCUT2D eigenvalue weighted by atomic mass is 32.2. The molecule has 2 aromatic heterocycles. The van der Waals surface area contributed by atoms with E-state index in [-0.39, 0.29) is 5.56 Å². The fraction of sp³-hybridized carbons (Fsp3) is 0.385. The number of aryl methyl sites for hydroxylation is 3. The van der Waals surface area contributed by atoms with Crippen molar-refractivity contribution in [3.63, 3.8) is 0 Å². The van der Waals surface area contributed by atoms with Crippen LogP contribution in [0, 0.1) is 13.8 Å². The van der Waals surface area contributed by atoms with E-state index in [1.807, 2.05) is 13.8 Å². The molecule has 0 aromatic carbocycles. The van der Waals surface area contributed by atoms with Crippen LogP contribution in [0.1, 0.15) is 40.3 Å². The summed E-state index contributed by atoms with van der Waals surface area (Å²) >= 11 is 1.29. The van der Waals surface area contributed by atoms with Crippen molar-refractivity contribution in [1.29, 1.82) is 0 Å². The van der Waals surface area contributed by atoms with Crippen LogP contribution in [0.25, 0.3) is 0 Å². The third kappa shape index (κ3) is 3.16. The van der Waals surface area contributed by atoms with Crippen LogP contribution in [-0.4, -0.2) is 26.2 Å². The summed E-state index contributed by atoms with van der Waals surface area (Å²) in [7, 11) is 0. The number of aromatic nitrogens is 3. The van der Waals surface area contributed by atoms with Gasteiger partial charge in [0.05, 0.1) is 11.3 Å². The fourth-order valence-electron chi connectivity index (χ4n) is 1.79. The Balaban J connectivity index is 2.22. The average Bonchev–Trinajstić information content (AvgIpc) is 2.82. The molecule has 0 radical (unpaired) electrons. The van der Waals surface area contributed by atoms with E-state index >= 15 is 0 Å². The molecule has 0 fully saturated rings. The maximum absolute atomic E-state index is 11.3. The molecule has 2 aromatic rings. The fourth-order valence-corrected chi connectivity index (χ4v) is 2.77. The Labute approximate surface area is 120 Å². The van der Waals surface area contributed by atoms with E-state index in [9.17, 15) is 9.90 Å². The van der Waals surface area contributed by atoms with E-state index in [1.165, 1.54) is 11.8 Å². The highest BCUT2D eigenvalue weighted by Crippen LogP contribution is 2.26. The Hall–Kier alpha value is -1.89. The highest BCUT2D eigenvalue weighted by molar-refractivity contribution is 7.98. The van der Waals surface area contributed by atoms with Crippen LogP contribution in [-0.2, 0) is 12.2 Å². The number of rotatable bonds is 5. The lowest BCUT2D eigenvalue weighted by Gasteiger charge is -2.08. The molecule has 0 saturated heterocycles. The maximum Gasteiger partial charge on any atom is 0.338 e. The number of aromatic carboxylic acids is 1. The lowest BCUT2D eigenvalue weighted by molar-refractivity contribution is 0.0691.